The molecule has 0 unspecified atom stereocenters. The van der Waals surface area contributed by atoms with Crippen molar-refractivity contribution in [2.24, 2.45) is 5.73 Å². The van der Waals surface area contributed by atoms with Crippen LogP contribution < -0.4 is 21.1 Å². The lowest BCUT2D eigenvalue weighted by molar-refractivity contribution is -0.129. The Morgan fingerprint density at radius 1 is 1.27 bits per heavy atom. The van der Waals surface area contributed by atoms with Crippen molar-refractivity contribution >= 4 is 39.9 Å². The number of nitrogens with zero attached hydrogens (tertiary/aromatic N) is 2. The van der Waals surface area contributed by atoms with Crippen LogP contribution in [0.25, 0.3) is 11.0 Å². The Kier molecular flexibility index (Phi) is 3.33. The molecule has 0 saturated heterocycles. The second-order valence-corrected chi connectivity index (χ2v) is 6.43. The Morgan fingerprint density at radius 2 is 2.08 bits per heavy atom. The van der Waals surface area contributed by atoms with Crippen molar-refractivity contribution in [3.8, 4) is 5.75 Å². The van der Waals surface area contributed by atoms with Crippen LogP contribution in [0.1, 0.15) is 24.3 Å². The van der Waals surface area contributed by atoms with Crippen LogP contribution in [0.3, 0.4) is 0 Å². The van der Waals surface area contributed by atoms with Crippen molar-refractivity contribution in [3.63, 3.8) is 0 Å². The number of rotatable bonds is 3. The van der Waals surface area contributed by atoms with Gasteiger partial charge >= 0.3 is 0 Å². The molecule has 0 bridgehead atoms. The van der Waals surface area contributed by atoms with Crippen LogP contribution in [-0.4, -0.2) is 32.6 Å². The molecule has 2 aromatic heterocycles. The summed E-state index contributed by atoms with van der Waals surface area (Å²) in [5.74, 6) is -0.368. The van der Waals surface area contributed by atoms with Crippen molar-refractivity contribution in [2.45, 2.75) is 19.4 Å². The molecule has 0 radical (unpaired) electrons. The van der Waals surface area contributed by atoms with E-state index in [0.717, 1.165) is 0 Å². The smallest absolute Gasteiger partial charge is 0.271 e. The van der Waals surface area contributed by atoms with Gasteiger partial charge in [0.25, 0.3) is 11.8 Å². The molecule has 2 amide bonds. The van der Waals surface area contributed by atoms with Gasteiger partial charge in [0.2, 0.25) is 0 Å². The zero-order valence-electron chi connectivity index (χ0n) is 14.1. The Hall–Kier alpha value is -3.62. The first kappa shape index (κ1) is 15.9. The van der Waals surface area contributed by atoms with Gasteiger partial charge in [-0.25, -0.2) is 0 Å². The summed E-state index contributed by atoms with van der Waals surface area (Å²) < 4.78 is 5.72. The predicted octanol–water partition coefficient (Wildman–Crippen LogP) is 1.91. The molecule has 1 aliphatic rings. The average Bonchev–Trinajstić information content (AvgIpc) is 3.05. The van der Waals surface area contributed by atoms with Crippen LogP contribution in [0.4, 0.5) is 17.1 Å². The van der Waals surface area contributed by atoms with Crippen LogP contribution in [0, 0.1) is 0 Å². The number of nitrogens with two attached hydrogens (primary N) is 1. The van der Waals surface area contributed by atoms with Gasteiger partial charge < -0.3 is 26.1 Å². The summed E-state index contributed by atoms with van der Waals surface area (Å²) in [7, 11) is 0. The number of benzene rings is 1. The van der Waals surface area contributed by atoms with Crippen molar-refractivity contribution in [1.82, 2.24) is 15.2 Å². The van der Waals surface area contributed by atoms with Gasteiger partial charge in [-0.15, -0.1) is 10.2 Å². The van der Waals surface area contributed by atoms with Crippen LogP contribution in [0.15, 0.2) is 30.5 Å². The highest BCUT2D eigenvalue weighted by atomic mass is 16.5. The van der Waals surface area contributed by atoms with E-state index in [1.165, 1.54) is 0 Å². The lowest BCUT2D eigenvalue weighted by Crippen LogP contribution is -2.45. The number of carbonyl (C=O) groups is 2. The topological polar surface area (TPSA) is 135 Å². The molecule has 0 aliphatic carbocycles. The highest BCUT2D eigenvalue weighted by Crippen LogP contribution is 2.37. The fourth-order valence-corrected chi connectivity index (χ4v) is 2.75. The Labute approximate surface area is 147 Å². The lowest BCUT2D eigenvalue weighted by Gasteiger charge is -2.31. The lowest BCUT2D eigenvalue weighted by atomic mass is 10.1. The molecule has 0 spiro atoms. The fourth-order valence-electron chi connectivity index (χ4n) is 2.75. The molecule has 1 aromatic carbocycles. The summed E-state index contributed by atoms with van der Waals surface area (Å²) in [5.41, 5.74) is 6.63. The predicted molar refractivity (Wildman–Crippen MR) is 95.5 cm³/mol. The first-order valence-electron chi connectivity index (χ1n) is 7.90. The average molecular weight is 352 g/mol. The van der Waals surface area contributed by atoms with Gasteiger partial charge in [0, 0.05) is 17.3 Å². The molecule has 9 nitrogen and oxygen atoms in total. The highest BCUT2D eigenvalue weighted by molar-refractivity contribution is 6.05. The molecular weight excluding hydrogens is 336 g/mol. The largest absolute Gasteiger partial charge is 0.476 e. The Balaban J connectivity index is 1.75. The zero-order chi connectivity index (χ0) is 18.5. The number of aromatic amines is 1. The van der Waals surface area contributed by atoms with Gasteiger partial charge in [0.1, 0.15) is 5.75 Å². The third-order valence-corrected chi connectivity index (χ3v) is 4.12. The minimum absolute atomic E-state index is 0.0243. The Morgan fingerprint density at radius 3 is 2.85 bits per heavy atom. The number of nitrogens with one attached hydrogen (secondary N) is 3. The third-order valence-electron chi connectivity index (χ3n) is 4.12. The summed E-state index contributed by atoms with van der Waals surface area (Å²) in [6, 6.07) is 7.00. The highest BCUT2D eigenvalue weighted by Gasteiger charge is 2.35. The number of primary amides is 1. The van der Waals surface area contributed by atoms with Crippen molar-refractivity contribution in [1.29, 1.82) is 0 Å². The number of aromatic nitrogens is 3. The molecule has 9 heteroatoms. The van der Waals surface area contributed by atoms with Crippen LogP contribution in [-0.2, 0) is 4.79 Å². The maximum atomic E-state index is 12.1. The monoisotopic (exact) mass is 352 g/mol. The quantitative estimate of drug-likeness (QED) is 0.569. The summed E-state index contributed by atoms with van der Waals surface area (Å²) >= 11 is 0. The normalized spacial score (nSPS) is 15.1. The van der Waals surface area contributed by atoms with Crippen LogP contribution in [0.5, 0.6) is 5.75 Å². The number of anilines is 3. The maximum absolute atomic E-state index is 12.1. The van der Waals surface area contributed by atoms with E-state index in [1.807, 2.05) is 0 Å². The number of carbonyl (C=O) groups excluding carboxylic acids is 2. The molecular formula is C17H16N6O3. The van der Waals surface area contributed by atoms with Gasteiger partial charge in [0.15, 0.2) is 16.9 Å². The molecule has 0 fully saturated rings. The molecule has 0 atom stereocenters. The van der Waals surface area contributed by atoms with E-state index in [1.54, 1.807) is 44.3 Å². The van der Waals surface area contributed by atoms with E-state index in [0.29, 0.717) is 33.8 Å². The van der Waals surface area contributed by atoms with E-state index >= 15 is 0 Å². The van der Waals surface area contributed by atoms with E-state index in [9.17, 15) is 9.59 Å². The molecule has 1 aliphatic heterocycles. The van der Waals surface area contributed by atoms with Crippen LogP contribution >= 0.6 is 0 Å². The first-order chi connectivity index (χ1) is 12.3. The summed E-state index contributed by atoms with van der Waals surface area (Å²) in [6.07, 6.45) is 1.69. The minimum atomic E-state index is -0.937. The van der Waals surface area contributed by atoms with Gasteiger partial charge in [-0.2, -0.15) is 0 Å². The standard InChI is InChI=1S/C17H16N6O3/c1-17(2)16(25)21-10-7-8(3-4-11(10)26-17)20-12-9-5-6-19-15(9)23-22-13(12)14(18)24/h3-7H,1-2H3,(H2,18,24)(H,21,25)(H2,19,20,23). The van der Waals surface area contributed by atoms with Gasteiger partial charge in [-0.1, -0.05) is 0 Å². The van der Waals surface area contributed by atoms with Crippen molar-refractivity contribution in [2.75, 3.05) is 10.6 Å². The second-order valence-electron chi connectivity index (χ2n) is 6.43. The molecule has 3 aromatic rings. The Bertz CT molecular complexity index is 1060. The summed E-state index contributed by atoms with van der Waals surface area (Å²) in [4.78, 5) is 26.7. The molecule has 4 rings (SSSR count). The zero-order valence-corrected chi connectivity index (χ0v) is 14.1. The van der Waals surface area contributed by atoms with E-state index in [4.69, 9.17) is 10.5 Å². The third kappa shape index (κ3) is 2.50. The number of hydrogen-bond acceptors (Lipinski definition) is 6. The van der Waals surface area contributed by atoms with Gasteiger partial charge in [0.05, 0.1) is 11.4 Å². The summed E-state index contributed by atoms with van der Waals surface area (Å²) in [5, 5.41) is 14.4. The minimum Gasteiger partial charge on any atom is -0.476 e. The summed E-state index contributed by atoms with van der Waals surface area (Å²) in [6.45, 7) is 3.39. The van der Waals surface area contributed by atoms with Crippen LogP contribution in [0.2, 0.25) is 0 Å². The van der Waals surface area contributed by atoms with Crippen molar-refractivity contribution < 1.29 is 14.3 Å². The number of H-pyrrole nitrogens is 1. The van der Waals surface area contributed by atoms with E-state index < -0.39 is 11.5 Å². The van der Waals surface area contributed by atoms with Gasteiger partial charge in [-0.3, -0.25) is 9.59 Å². The molecule has 5 N–H and O–H groups in total. The van der Waals surface area contributed by atoms with Gasteiger partial charge in [-0.05, 0) is 38.1 Å². The maximum Gasteiger partial charge on any atom is 0.271 e. The molecule has 0 saturated carbocycles. The molecule has 3 heterocycles. The number of amides is 2. The SMILES string of the molecule is CC1(C)Oc2ccc(Nc3c(C(N)=O)nnc4[nH]ccc34)cc2NC1=O. The second kappa shape index (κ2) is 5.45. The first-order valence-corrected chi connectivity index (χ1v) is 7.90. The molecule has 26 heavy (non-hydrogen) atoms. The van der Waals surface area contributed by atoms with Crippen molar-refractivity contribution in [3.05, 3.63) is 36.2 Å². The fraction of sp³-hybridized carbons (Fsp3) is 0.176. The number of fused-ring (bicyclic) bond motifs is 2. The number of hydrogen-bond donors (Lipinski definition) is 4. The molecule has 132 valence electrons. The van der Waals surface area contributed by atoms with E-state index in [-0.39, 0.29) is 11.6 Å². The van der Waals surface area contributed by atoms with E-state index in [2.05, 4.69) is 25.8 Å². The number of ether oxygens (including phenoxy) is 1.